The molecule has 144 valence electrons. The van der Waals surface area contributed by atoms with E-state index in [2.05, 4.69) is 23.8 Å². The SMILES string of the molecule is CC(/C=C(\N)c1c(F)cccc1F)=C(/N)C(CCC(C)C)c1ncccn1. The molecule has 2 aromatic rings. The molecule has 1 aromatic heterocycles. The van der Waals surface area contributed by atoms with Gasteiger partial charge in [0.2, 0.25) is 0 Å². The standard InChI is InChI=1S/C21H26F2N4/c1-13(2)8-9-15(21-26-10-5-11-27-21)20(25)14(3)12-18(24)19-16(22)6-4-7-17(19)23/h4-7,10-13,15H,8-9,24-25H2,1-3H3/b18-12-,20-14-. The average Bonchev–Trinajstić information content (AvgIpc) is 2.62. The Kier molecular flexibility index (Phi) is 7.05. The zero-order valence-corrected chi connectivity index (χ0v) is 15.9. The molecule has 0 spiro atoms. The van der Waals surface area contributed by atoms with Crippen molar-refractivity contribution >= 4 is 5.70 Å². The number of nitrogens with two attached hydrogens (primary N) is 2. The van der Waals surface area contributed by atoms with E-state index in [-0.39, 0.29) is 17.2 Å². The molecule has 0 aliphatic rings. The number of hydrogen-bond acceptors (Lipinski definition) is 4. The number of aromatic nitrogens is 2. The lowest BCUT2D eigenvalue weighted by Gasteiger charge is -2.19. The maximum Gasteiger partial charge on any atom is 0.137 e. The third-order valence-electron chi connectivity index (χ3n) is 4.38. The number of nitrogens with zero attached hydrogens (tertiary/aromatic N) is 2. The zero-order chi connectivity index (χ0) is 20.0. The summed E-state index contributed by atoms with van der Waals surface area (Å²) in [5, 5.41) is 0. The molecule has 0 aliphatic carbocycles. The largest absolute Gasteiger partial charge is 0.401 e. The van der Waals surface area contributed by atoms with Crippen molar-refractivity contribution in [2.75, 3.05) is 0 Å². The number of allylic oxidation sites excluding steroid dienone is 3. The lowest BCUT2D eigenvalue weighted by Crippen LogP contribution is -2.16. The van der Waals surface area contributed by atoms with Crippen LogP contribution in [0.5, 0.6) is 0 Å². The summed E-state index contributed by atoms with van der Waals surface area (Å²) < 4.78 is 27.9. The minimum atomic E-state index is -0.710. The van der Waals surface area contributed by atoms with Crippen LogP contribution in [0.2, 0.25) is 0 Å². The van der Waals surface area contributed by atoms with Crippen molar-refractivity contribution in [2.45, 2.75) is 39.5 Å². The molecule has 0 saturated heterocycles. The molecule has 1 heterocycles. The van der Waals surface area contributed by atoms with Crippen LogP contribution in [0.4, 0.5) is 8.78 Å². The van der Waals surface area contributed by atoms with E-state index in [9.17, 15) is 8.78 Å². The fraction of sp³-hybridized carbons (Fsp3) is 0.333. The summed E-state index contributed by atoms with van der Waals surface area (Å²) in [4.78, 5) is 8.66. The molecule has 4 N–H and O–H groups in total. The minimum Gasteiger partial charge on any atom is -0.401 e. The number of rotatable bonds is 7. The van der Waals surface area contributed by atoms with Crippen LogP contribution in [0.15, 0.2) is 54.0 Å². The third kappa shape index (κ3) is 5.36. The van der Waals surface area contributed by atoms with E-state index in [1.165, 1.54) is 24.3 Å². The Morgan fingerprint density at radius 1 is 1.04 bits per heavy atom. The molecule has 0 amide bonds. The predicted octanol–water partition coefficient (Wildman–Crippen LogP) is 4.51. The Hall–Kier alpha value is -2.76. The van der Waals surface area contributed by atoms with E-state index in [0.717, 1.165) is 12.8 Å². The van der Waals surface area contributed by atoms with Crippen molar-refractivity contribution in [3.63, 3.8) is 0 Å². The van der Waals surface area contributed by atoms with Crippen LogP contribution in [-0.4, -0.2) is 9.97 Å². The second-order valence-electron chi connectivity index (χ2n) is 6.97. The number of hydrogen-bond donors (Lipinski definition) is 2. The second kappa shape index (κ2) is 9.26. The molecule has 4 nitrogen and oxygen atoms in total. The maximum atomic E-state index is 14.0. The lowest BCUT2D eigenvalue weighted by molar-refractivity contribution is 0.512. The molecule has 1 aromatic carbocycles. The molecule has 1 atom stereocenters. The van der Waals surface area contributed by atoms with Gasteiger partial charge < -0.3 is 11.5 Å². The molecule has 6 heteroatoms. The molecule has 0 aliphatic heterocycles. The van der Waals surface area contributed by atoms with E-state index in [1.54, 1.807) is 25.4 Å². The van der Waals surface area contributed by atoms with Crippen molar-refractivity contribution < 1.29 is 8.78 Å². The van der Waals surface area contributed by atoms with Gasteiger partial charge >= 0.3 is 0 Å². The van der Waals surface area contributed by atoms with E-state index in [1.807, 2.05) is 0 Å². The molecular formula is C21H26F2N4. The Labute approximate surface area is 159 Å². The van der Waals surface area contributed by atoms with Gasteiger partial charge in [0.1, 0.15) is 17.5 Å². The summed E-state index contributed by atoms with van der Waals surface area (Å²) in [5.41, 5.74) is 13.3. The highest BCUT2D eigenvalue weighted by molar-refractivity contribution is 5.66. The summed E-state index contributed by atoms with van der Waals surface area (Å²) in [5.74, 6) is -0.490. The topological polar surface area (TPSA) is 77.8 Å². The van der Waals surface area contributed by atoms with Gasteiger partial charge in [-0.1, -0.05) is 19.9 Å². The summed E-state index contributed by atoms with van der Waals surface area (Å²) in [7, 11) is 0. The number of benzene rings is 1. The highest BCUT2D eigenvalue weighted by Gasteiger charge is 2.20. The highest BCUT2D eigenvalue weighted by atomic mass is 19.1. The van der Waals surface area contributed by atoms with Gasteiger partial charge in [0.25, 0.3) is 0 Å². The van der Waals surface area contributed by atoms with Gasteiger partial charge in [0.15, 0.2) is 0 Å². The first kappa shape index (κ1) is 20.6. The molecule has 0 bridgehead atoms. The first-order valence-electron chi connectivity index (χ1n) is 8.96. The van der Waals surface area contributed by atoms with Crippen molar-refractivity contribution in [3.8, 4) is 0 Å². The van der Waals surface area contributed by atoms with Crippen molar-refractivity contribution in [1.82, 2.24) is 9.97 Å². The van der Waals surface area contributed by atoms with E-state index < -0.39 is 11.6 Å². The van der Waals surface area contributed by atoms with Gasteiger partial charge in [0.05, 0.1) is 11.5 Å². The molecule has 0 radical (unpaired) electrons. The minimum absolute atomic E-state index is 0.0114. The third-order valence-corrected chi connectivity index (χ3v) is 4.38. The van der Waals surface area contributed by atoms with E-state index in [0.29, 0.717) is 23.0 Å². The first-order valence-corrected chi connectivity index (χ1v) is 8.96. The van der Waals surface area contributed by atoms with Crippen molar-refractivity contribution in [3.05, 3.63) is 77.0 Å². The van der Waals surface area contributed by atoms with E-state index >= 15 is 0 Å². The normalized spacial score (nSPS) is 14.2. The monoisotopic (exact) mass is 372 g/mol. The van der Waals surface area contributed by atoms with Crippen LogP contribution in [0, 0.1) is 17.6 Å². The van der Waals surface area contributed by atoms with Gasteiger partial charge in [-0.3, -0.25) is 0 Å². The van der Waals surface area contributed by atoms with Crippen LogP contribution < -0.4 is 11.5 Å². The smallest absolute Gasteiger partial charge is 0.137 e. The zero-order valence-electron chi connectivity index (χ0n) is 15.9. The fourth-order valence-corrected chi connectivity index (χ4v) is 2.85. The van der Waals surface area contributed by atoms with Gasteiger partial charge in [-0.2, -0.15) is 0 Å². The highest BCUT2D eigenvalue weighted by Crippen LogP contribution is 2.28. The summed E-state index contributed by atoms with van der Waals surface area (Å²) in [6.45, 7) is 6.04. The van der Waals surface area contributed by atoms with Crippen LogP contribution in [0.3, 0.4) is 0 Å². The molecule has 0 saturated carbocycles. The summed E-state index contributed by atoms with van der Waals surface area (Å²) >= 11 is 0. The Morgan fingerprint density at radius 3 is 2.19 bits per heavy atom. The van der Waals surface area contributed by atoms with Crippen molar-refractivity contribution in [1.29, 1.82) is 0 Å². The van der Waals surface area contributed by atoms with Gasteiger partial charge in [-0.05, 0) is 55.5 Å². The van der Waals surface area contributed by atoms with Crippen LogP contribution in [-0.2, 0) is 0 Å². The molecule has 0 fully saturated rings. The van der Waals surface area contributed by atoms with Crippen LogP contribution in [0.1, 0.15) is 50.9 Å². The quantitative estimate of drug-likeness (QED) is 0.701. The predicted molar refractivity (Wildman–Crippen MR) is 104 cm³/mol. The molecule has 27 heavy (non-hydrogen) atoms. The van der Waals surface area contributed by atoms with Gasteiger partial charge in [-0.15, -0.1) is 0 Å². The lowest BCUT2D eigenvalue weighted by atomic mass is 9.91. The van der Waals surface area contributed by atoms with Crippen LogP contribution >= 0.6 is 0 Å². The first-order chi connectivity index (χ1) is 12.8. The maximum absolute atomic E-state index is 14.0. The molecular weight excluding hydrogens is 346 g/mol. The Bertz CT molecular complexity index is 809. The summed E-state index contributed by atoms with van der Waals surface area (Å²) in [6, 6.07) is 5.39. The second-order valence-corrected chi connectivity index (χ2v) is 6.97. The molecule has 1 unspecified atom stereocenters. The Morgan fingerprint density at radius 2 is 1.63 bits per heavy atom. The van der Waals surface area contributed by atoms with Gasteiger partial charge in [-0.25, -0.2) is 18.7 Å². The Balaban J connectivity index is 2.41. The molecule has 2 rings (SSSR count). The van der Waals surface area contributed by atoms with Crippen molar-refractivity contribution in [2.24, 2.45) is 17.4 Å². The number of halogens is 2. The summed E-state index contributed by atoms with van der Waals surface area (Å²) in [6.07, 6.45) is 6.56. The fourth-order valence-electron chi connectivity index (χ4n) is 2.85. The van der Waals surface area contributed by atoms with Crippen LogP contribution in [0.25, 0.3) is 5.70 Å². The van der Waals surface area contributed by atoms with E-state index in [4.69, 9.17) is 11.5 Å². The average molecular weight is 372 g/mol. The van der Waals surface area contributed by atoms with Gasteiger partial charge in [0, 0.05) is 23.8 Å².